The van der Waals surface area contributed by atoms with E-state index >= 15 is 0 Å². The highest BCUT2D eigenvalue weighted by molar-refractivity contribution is 6.33. The average Bonchev–Trinajstić information content (AvgIpc) is 1.99. The Hall–Kier alpha value is -1.39. The molecule has 1 aliphatic heterocycles. The number of rotatable bonds is 1. The zero-order valence-corrected chi connectivity index (χ0v) is 5.93. The van der Waals surface area contributed by atoms with Crippen LogP contribution in [0.2, 0.25) is 0 Å². The molecular formula is C4H2ClN5O. The Morgan fingerprint density at radius 2 is 2.55 bits per heavy atom. The predicted molar refractivity (Wildman–Crippen MR) is 36.7 cm³/mol. The lowest BCUT2D eigenvalue weighted by Gasteiger charge is -2.05. The minimum Gasteiger partial charge on any atom is -0.269 e. The van der Waals surface area contributed by atoms with Gasteiger partial charge in [0.2, 0.25) is 0 Å². The van der Waals surface area contributed by atoms with Crippen molar-refractivity contribution >= 4 is 17.5 Å². The van der Waals surface area contributed by atoms with E-state index in [1.165, 1.54) is 0 Å². The molecule has 0 fully saturated rings. The minimum atomic E-state index is -0.997. The number of azide groups is 1. The number of hydrogen-bond acceptors (Lipinski definition) is 3. The van der Waals surface area contributed by atoms with Crippen LogP contribution < -0.4 is 0 Å². The highest BCUT2D eigenvalue weighted by Gasteiger charge is 2.21. The summed E-state index contributed by atoms with van der Waals surface area (Å²) in [7, 11) is 0. The Bertz CT molecular complexity index is 289. The van der Waals surface area contributed by atoms with Crippen LogP contribution in [0.25, 0.3) is 10.4 Å². The third-order valence-electron chi connectivity index (χ3n) is 0.983. The molecule has 1 amide bonds. The highest BCUT2D eigenvalue weighted by atomic mass is 35.5. The van der Waals surface area contributed by atoms with E-state index in [-0.39, 0.29) is 5.70 Å². The summed E-state index contributed by atoms with van der Waals surface area (Å²) in [6.45, 7) is 0. The van der Waals surface area contributed by atoms with E-state index in [2.05, 4.69) is 20.3 Å². The summed E-state index contributed by atoms with van der Waals surface area (Å²) in [5.74, 6) is -0.614. The topological polar surface area (TPSA) is 90.6 Å². The SMILES string of the molecule is [N-]=[N+]=NC1=CN=NC(=O)C1Cl. The molecule has 7 heteroatoms. The molecule has 56 valence electrons. The van der Waals surface area contributed by atoms with Gasteiger partial charge in [0, 0.05) is 4.91 Å². The van der Waals surface area contributed by atoms with Crippen molar-refractivity contribution in [1.29, 1.82) is 0 Å². The highest BCUT2D eigenvalue weighted by Crippen LogP contribution is 2.17. The van der Waals surface area contributed by atoms with Gasteiger partial charge in [-0.1, -0.05) is 5.11 Å². The lowest BCUT2D eigenvalue weighted by atomic mass is 10.3. The van der Waals surface area contributed by atoms with Crippen molar-refractivity contribution in [2.75, 3.05) is 0 Å². The molecule has 0 radical (unpaired) electrons. The van der Waals surface area contributed by atoms with Crippen LogP contribution in [0.5, 0.6) is 0 Å². The van der Waals surface area contributed by atoms with Crippen molar-refractivity contribution in [3.05, 3.63) is 22.3 Å². The van der Waals surface area contributed by atoms with Crippen LogP contribution in [0.1, 0.15) is 0 Å². The fourth-order valence-electron chi connectivity index (χ4n) is 0.516. The molecular weight excluding hydrogens is 170 g/mol. The summed E-state index contributed by atoms with van der Waals surface area (Å²) in [6.07, 6.45) is 1.15. The summed E-state index contributed by atoms with van der Waals surface area (Å²) in [5.41, 5.74) is 8.08. The van der Waals surface area contributed by atoms with Crippen LogP contribution in [-0.4, -0.2) is 11.3 Å². The van der Waals surface area contributed by atoms with Gasteiger partial charge in [-0.15, -0.1) is 16.7 Å². The molecule has 1 aliphatic rings. The Labute approximate surface area is 66.2 Å². The largest absolute Gasteiger partial charge is 0.286 e. The fraction of sp³-hybridized carbons (Fsp3) is 0.250. The summed E-state index contributed by atoms with van der Waals surface area (Å²) in [6, 6.07) is 0. The second-order valence-corrected chi connectivity index (χ2v) is 2.10. The van der Waals surface area contributed by atoms with Crippen LogP contribution in [0, 0.1) is 0 Å². The molecule has 0 aromatic heterocycles. The van der Waals surface area contributed by atoms with Crippen molar-refractivity contribution in [3.8, 4) is 0 Å². The number of azo groups is 1. The molecule has 0 aromatic rings. The van der Waals surface area contributed by atoms with Gasteiger partial charge in [0.05, 0.1) is 11.9 Å². The lowest BCUT2D eigenvalue weighted by Crippen LogP contribution is -2.15. The van der Waals surface area contributed by atoms with Gasteiger partial charge in [-0.25, -0.2) is 0 Å². The van der Waals surface area contributed by atoms with Crippen LogP contribution in [0.4, 0.5) is 0 Å². The molecule has 0 bridgehead atoms. The van der Waals surface area contributed by atoms with Crippen LogP contribution in [-0.2, 0) is 4.79 Å². The first-order chi connectivity index (χ1) is 5.25. The molecule has 1 atom stereocenters. The monoisotopic (exact) mass is 171 g/mol. The van der Waals surface area contributed by atoms with Gasteiger partial charge in [0.1, 0.15) is 5.38 Å². The van der Waals surface area contributed by atoms with Gasteiger partial charge in [-0.05, 0) is 5.53 Å². The Balaban J connectivity index is 2.95. The normalized spacial score (nSPS) is 22.5. The lowest BCUT2D eigenvalue weighted by molar-refractivity contribution is -0.117. The van der Waals surface area contributed by atoms with Crippen molar-refractivity contribution < 1.29 is 4.79 Å². The first-order valence-electron chi connectivity index (χ1n) is 2.59. The van der Waals surface area contributed by atoms with E-state index in [4.69, 9.17) is 17.1 Å². The Morgan fingerprint density at radius 1 is 1.82 bits per heavy atom. The van der Waals surface area contributed by atoms with E-state index < -0.39 is 11.3 Å². The van der Waals surface area contributed by atoms with Gasteiger partial charge in [-0.3, -0.25) is 4.79 Å². The van der Waals surface area contributed by atoms with Crippen molar-refractivity contribution in [2.45, 2.75) is 5.38 Å². The summed E-state index contributed by atoms with van der Waals surface area (Å²) < 4.78 is 0. The Kier molecular flexibility index (Phi) is 2.20. The molecule has 1 rings (SSSR count). The molecule has 0 aliphatic carbocycles. The molecule has 1 heterocycles. The van der Waals surface area contributed by atoms with Crippen LogP contribution in [0.15, 0.2) is 27.2 Å². The van der Waals surface area contributed by atoms with Gasteiger partial charge in [-0.2, -0.15) is 5.11 Å². The van der Waals surface area contributed by atoms with Crippen LogP contribution >= 0.6 is 11.6 Å². The van der Waals surface area contributed by atoms with E-state index in [0.29, 0.717) is 0 Å². The third-order valence-corrected chi connectivity index (χ3v) is 1.39. The molecule has 1 unspecified atom stereocenters. The molecule has 11 heavy (non-hydrogen) atoms. The van der Waals surface area contributed by atoms with Gasteiger partial charge < -0.3 is 0 Å². The molecule has 0 saturated heterocycles. The maximum absolute atomic E-state index is 10.7. The van der Waals surface area contributed by atoms with E-state index in [1.54, 1.807) is 0 Å². The number of carbonyl (C=O) groups is 1. The van der Waals surface area contributed by atoms with E-state index in [1.807, 2.05) is 0 Å². The molecule has 0 saturated carbocycles. The molecule has 0 aromatic carbocycles. The summed E-state index contributed by atoms with van der Waals surface area (Å²) in [5, 5.41) is 8.56. The fourth-order valence-corrected chi connectivity index (χ4v) is 0.659. The third kappa shape index (κ3) is 1.54. The molecule has 6 nitrogen and oxygen atoms in total. The first-order valence-corrected chi connectivity index (χ1v) is 3.03. The average molecular weight is 172 g/mol. The molecule has 0 N–H and O–H groups in total. The zero-order valence-electron chi connectivity index (χ0n) is 5.18. The van der Waals surface area contributed by atoms with Crippen LogP contribution in [0.3, 0.4) is 0 Å². The van der Waals surface area contributed by atoms with Crippen molar-refractivity contribution in [1.82, 2.24) is 0 Å². The maximum Gasteiger partial charge on any atom is 0.286 e. The summed E-state index contributed by atoms with van der Waals surface area (Å²) >= 11 is 5.48. The van der Waals surface area contributed by atoms with Gasteiger partial charge >= 0.3 is 0 Å². The molecule has 0 spiro atoms. The van der Waals surface area contributed by atoms with E-state index in [0.717, 1.165) is 6.20 Å². The van der Waals surface area contributed by atoms with Crippen molar-refractivity contribution in [3.63, 3.8) is 0 Å². The number of halogens is 1. The quantitative estimate of drug-likeness (QED) is 0.256. The second-order valence-electron chi connectivity index (χ2n) is 1.66. The second kappa shape index (κ2) is 3.14. The smallest absolute Gasteiger partial charge is 0.269 e. The Morgan fingerprint density at radius 3 is 3.18 bits per heavy atom. The first kappa shape index (κ1) is 7.71. The number of amides is 1. The van der Waals surface area contributed by atoms with Gasteiger partial charge in [0.15, 0.2) is 0 Å². The van der Waals surface area contributed by atoms with E-state index in [9.17, 15) is 4.79 Å². The minimum absolute atomic E-state index is 0.0779. The zero-order chi connectivity index (χ0) is 8.27. The predicted octanol–water partition coefficient (Wildman–Crippen LogP) is 1.74. The van der Waals surface area contributed by atoms with Crippen molar-refractivity contribution in [2.24, 2.45) is 15.3 Å². The number of alkyl halides is 1. The number of hydrogen-bond donors (Lipinski definition) is 0. The maximum atomic E-state index is 10.7. The summed E-state index contributed by atoms with van der Waals surface area (Å²) in [4.78, 5) is 13.1. The number of carbonyl (C=O) groups excluding carboxylic acids is 1. The standard InChI is InChI=1S/C4H2ClN5O/c5-3-2(8-10-6)1-7-9-4(3)11/h1,3H. The number of nitrogens with zero attached hydrogens (tertiary/aromatic N) is 5. The van der Waals surface area contributed by atoms with Gasteiger partial charge in [0.25, 0.3) is 5.91 Å².